The van der Waals surface area contributed by atoms with Gasteiger partial charge >= 0.3 is 8.25 Å². The van der Waals surface area contributed by atoms with Gasteiger partial charge in [-0.2, -0.15) is 0 Å². The zero-order chi connectivity index (χ0) is 6.85. The van der Waals surface area contributed by atoms with E-state index in [1.807, 2.05) is 0 Å². The van der Waals surface area contributed by atoms with E-state index in [4.69, 9.17) is 0 Å². The minimum Gasteiger partial charge on any atom is -0.307 e. The van der Waals surface area contributed by atoms with Gasteiger partial charge in [0.2, 0.25) is 5.91 Å². The molecule has 0 bridgehead atoms. The Morgan fingerprint density at radius 3 is 2.56 bits per heavy atom. The Bertz CT molecular complexity index is 150. The first-order chi connectivity index (χ1) is 4.18. The van der Waals surface area contributed by atoms with Crippen LogP contribution in [0.2, 0.25) is 0 Å². The third-order valence-corrected chi connectivity index (χ3v) is 1.54. The maximum Gasteiger partial charge on any atom is 0.326 e. The monoisotopic (exact) mass is 151 g/mol. The van der Waals surface area contributed by atoms with Gasteiger partial charge < -0.3 is 5.32 Å². The minimum atomic E-state index is -2.25. The normalized spacial score (nSPS) is 33.0. The first-order valence-electron chi connectivity index (χ1n) is 2.33. The summed E-state index contributed by atoms with van der Waals surface area (Å²) in [5, 5.41) is 2.25. The molecule has 9 heavy (non-hydrogen) atoms. The molecule has 5 nitrogen and oxygen atoms in total. The van der Waals surface area contributed by atoms with Crippen LogP contribution in [0.5, 0.6) is 0 Å². The van der Waals surface area contributed by atoms with Crippen molar-refractivity contribution < 1.29 is 18.4 Å². The van der Waals surface area contributed by atoms with Gasteiger partial charge in [0.1, 0.15) is 0 Å². The number of hydrogen-bond donors (Lipinski definition) is 1. The van der Waals surface area contributed by atoms with E-state index < -0.39 is 14.7 Å². The second-order valence-corrected chi connectivity index (χ2v) is 2.49. The van der Waals surface area contributed by atoms with Crippen molar-refractivity contribution in [2.24, 2.45) is 0 Å². The average molecular weight is 151 g/mol. The van der Waals surface area contributed by atoms with Crippen molar-refractivity contribution in [1.29, 1.82) is 0 Å². The van der Waals surface area contributed by atoms with Crippen LogP contribution in [0, 0.1) is 0 Å². The highest BCUT2D eigenvalue weighted by Gasteiger charge is 2.26. The molecule has 0 aliphatic carbocycles. The van der Waals surface area contributed by atoms with Crippen LogP contribution in [0.15, 0.2) is 0 Å². The van der Waals surface area contributed by atoms with Gasteiger partial charge in [-0.05, 0) is 0 Å². The second kappa shape index (κ2) is 2.47. The summed E-state index contributed by atoms with van der Waals surface area (Å²) in [4.78, 5) is 10.2. The highest BCUT2D eigenvalue weighted by molar-refractivity contribution is 7.34. The fourth-order valence-corrected chi connectivity index (χ4v) is 0.894. The molecule has 1 rings (SSSR count). The maximum absolute atomic E-state index is 10.2. The highest BCUT2D eigenvalue weighted by atomic mass is 31.1. The van der Waals surface area contributed by atoms with E-state index in [-0.39, 0.29) is 5.91 Å². The van der Waals surface area contributed by atoms with Gasteiger partial charge in [0.05, 0.1) is 0 Å². The summed E-state index contributed by atoms with van der Waals surface area (Å²) in [6.07, 6.45) is -0.783. The van der Waals surface area contributed by atoms with Crippen LogP contribution in [0.4, 0.5) is 0 Å². The number of nitrogens with one attached hydrogen (secondary N) is 1. The average Bonchev–Trinajstić information content (AvgIpc) is 1.60. The molecule has 1 aliphatic heterocycles. The van der Waals surface area contributed by atoms with Gasteiger partial charge in [0, 0.05) is 6.92 Å². The van der Waals surface area contributed by atoms with E-state index in [0.717, 1.165) is 0 Å². The Hall–Kier alpha value is -0.380. The molecule has 0 saturated carbocycles. The number of carbonyl (C=O) groups excluding carboxylic acids is 1. The summed E-state index contributed by atoms with van der Waals surface area (Å²) in [5.41, 5.74) is 0. The Labute approximate surface area is 52.3 Å². The predicted octanol–water partition coefficient (Wildman–Crippen LogP) is -0.157. The van der Waals surface area contributed by atoms with Crippen LogP contribution in [-0.2, 0) is 18.4 Å². The fraction of sp³-hybridized carbons (Fsp3) is 0.667. The molecule has 1 amide bonds. The third-order valence-electron chi connectivity index (χ3n) is 0.728. The van der Waals surface area contributed by atoms with Gasteiger partial charge in [-0.25, -0.2) is 0 Å². The van der Waals surface area contributed by atoms with Crippen molar-refractivity contribution in [3.63, 3.8) is 0 Å². The number of carbonyl (C=O) groups is 1. The van der Waals surface area contributed by atoms with Gasteiger partial charge in [0.25, 0.3) is 6.41 Å². The van der Waals surface area contributed by atoms with Gasteiger partial charge in [-0.15, -0.1) is 0 Å². The Balaban J connectivity index is 2.18. The Kier molecular flexibility index (Phi) is 1.85. The van der Waals surface area contributed by atoms with Crippen LogP contribution >= 0.6 is 8.25 Å². The summed E-state index contributed by atoms with van der Waals surface area (Å²) < 4.78 is 19.0. The molecule has 6 heteroatoms. The lowest BCUT2D eigenvalue weighted by atomic mass is 10.7. The minimum absolute atomic E-state index is 0.269. The van der Waals surface area contributed by atoms with Crippen molar-refractivity contribution in [3.05, 3.63) is 0 Å². The topological polar surface area (TPSA) is 64.6 Å². The molecule has 1 heterocycles. The second-order valence-electron chi connectivity index (χ2n) is 1.52. The van der Waals surface area contributed by atoms with Crippen LogP contribution in [-0.4, -0.2) is 12.3 Å². The molecular weight excluding hydrogens is 145 g/mol. The van der Waals surface area contributed by atoms with Crippen LogP contribution in [0.25, 0.3) is 0 Å². The van der Waals surface area contributed by atoms with Crippen molar-refractivity contribution in [2.75, 3.05) is 0 Å². The highest BCUT2D eigenvalue weighted by Crippen LogP contribution is 2.37. The fourth-order valence-electron chi connectivity index (χ4n) is 0.409. The summed E-state index contributed by atoms with van der Waals surface area (Å²) >= 11 is 0. The van der Waals surface area contributed by atoms with Gasteiger partial charge in [-0.3, -0.25) is 18.4 Å². The molecule has 1 aliphatic rings. The van der Waals surface area contributed by atoms with Crippen LogP contribution in [0.1, 0.15) is 6.92 Å². The Morgan fingerprint density at radius 2 is 2.22 bits per heavy atom. The molecule has 0 radical (unpaired) electrons. The standard InChI is InChI=1S/C3H6NO4P/c1-2(5)4-3-7-9(6)8-3/h3,9H,1H3,(H,4,5). The quantitative estimate of drug-likeness (QED) is 0.529. The van der Waals surface area contributed by atoms with Crippen molar-refractivity contribution in [1.82, 2.24) is 5.32 Å². The molecule has 0 aromatic carbocycles. The molecule has 1 saturated heterocycles. The van der Waals surface area contributed by atoms with E-state index in [1.54, 1.807) is 0 Å². The zero-order valence-electron chi connectivity index (χ0n) is 4.71. The predicted molar refractivity (Wildman–Crippen MR) is 28.8 cm³/mol. The first kappa shape index (κ1) is 6.74. The molecule has 0 atom stereocenters. The van der Waals surface area contributed by atoms with Crippen molar-refractivity contribution >= 4 is 14.2 Å². The summed E-state index contributed by atoms with van der Waals surface area (Å²) in [5.74, 6) is -0.269. The molecule has 52 valence electrons. The lowest BCUT2D eigenvalue weighted by Crippen LogP contribution is -2.39. The maximum atomic E-state index is 10.2. The van der Waals surface area contributed by atoms with Crippen LogP contribution in [0.3, 0.4) is 0 Å². The van der Waals surface area contributed by atoms with Crippen molar-refractivity contribution in [3.8, 4) is 0 Å². The lowest BCUT2D eigenvalue weighted by Gasteiger charge is -2.25. The van der Waals surface area contributed by atoms with Gasteiger partial charge in [0.15, 0.2) is 0 Å². The van der Waals surface area contributed by atoms with E-state index in [2.05, 4.69) is 14.4 Å². The number of amides is 1. The molecule has 0 spiro atoms. The first-order valence-corrected chi connectivity index (χ1v) is 3.55. The summed E-state index contributed by atoms with van der Waals surface area (Å²) in [6, 6.07) is 0. The largest absolute Gasteiger partial charge is 0.326 e. The molecular formula is C3H6NO4P. The summed E-state index contributed by atoms with van der Waals surface area (Å²) in [6.45, 7) is 1.32. The molecule has 0 aromatic heterocycles. The van der Waals surface area contributed by atoms with E-state index in [9.17, 15) is 9.36 Å². The van der Waals surface area contributed by atoms with E-state index in [1.165, 1.54) is 6.92 Å². The zero-order valence-corrected chi connectivity index (χ0v) is 5.71. The number of hydrogen-bond acceptors (Lipinski definition) is 4. The molecule has 0 unspecified atom stereocenters. The van der Waals surface area contributed by atoms with Crippen molar-refractivity contribution in [2.45, 2.75) is 13.3 Å². The summed E-state index contributed by atoms with van der Waals surface area (Å²) in [7, 11) is -2.25. The Morgan fingerprint density at radius 1 is 1.67 bits per heavy atom. The molecule has 0 aromatic rings. The molecule has 1 N–H and O–H groups in total. The molecule has 1 fully saturated rings. The third kappa shape index (κ3) is 1.78. The van der Waals surface area contributed by atoms with E-state index >= 15 is 0 Å². The van der Waals surface area contributed by atoms with Gasteiger partial charge in [-0.1, -0.05) is 0 Å². The van der Waals surface area contributed by atoms with E-state index in [0.29, 0.717) is 0 Å². The SMILES string of the molecule is CC(=O)NC1O[PH](=O)O1. The van der Waals surface area contributed by atoms with Crippen LogP contribution < -0.4 is 5.32 Å². The smallest absolute Gasteiger partial charge is 0.307 e. The lowest BCUT2D eigenvalue weighted by molar-refractivity contribution is -0.138. The number of rotatable bonds is 1.